The van der Waals surface area contributed by atoms with E-state index < -0.39 is 10.0 Å². The van der Waals surface area contributed by atoms with E-state index in [1.807, 2.05) is 36.5 Å². The Bertz CT molecular complexity index is 985. The largest absolute Gasteiger partial charge is 0.252 e. The third kappa shape index (κ3) is 3.22. The van der Waals surface area contributed by atoms with Gasteiger partial charge in [-0.05, 0) is 18.6 Å². The van der Waals surface area contributed by atoms with Gasteiger partial charge < -0.3 is 0 Å². The van der Waals surface area contributed by atoms with E-state index in [9.17, 15) is 8.42 Å². The Morgan fingerprint density at radius 3 is 2.68 bits per heavy atom. The standard InChI is InChI=1S/C16H15ClN4O2S2/c17-15-6-7-16(24-15)25(22,23)20-9-8-13(10-20)21-11-14(18-19-21)12-4-2-1-3-5-12/h1-7,11,13H,8-10H2/t13-/m1/s1. The van der Waals surface area contributed by atoms with Crippen LogP contribution in [0, 0.1) is 0 Å². The van der Waals surface area contributed by atoms with Crippen molar-refractivity contribution in [3.05, 3.63) is 53.0 Å². The van der Waals surface area contributed by atoms with Gasteiger partial charge in [-0.3, -0.25) is 0 Å². The van der Waals surface area contributed by atoms with Crippen molar-refractivity contribution >= 4 is 33.0 Å². The van der Waals surface area contributed by atoms with Crippen LogP contribution in [-0.4, -0.2) is 40.8 Å². The van der Waals surface area contributed by atoms with E-state index >= 15 is 0 Å². The van der Waals surface area contributed by atoms with Crippen LogP contribution in [0.25, 0.3) is 11.3 Å². The van der Waals surface area contributed by atoms with Crippen molar-refractivity contribution in [1.82, 2.24) is 19.3 Å². The summed E-state index contributed by atoms with van der Waals surface area (Å²) in [6, 6.07) is 12.9. The molecule has 0 N–H and O–H groups in total. The molecule has 4 rings (SSSR count). The minimum absolute atomic E-state index is 0.0184. The summed E-state index contributed by atoms with van der Waals surface area (Å²) in [5.41, 5.74) is 1.77. The Kier molecular flexibility index (Phi) is 4.36. The summed E-state index contributed by atoms with van der Waals surface area (Å²) in [6.45, 7) is 0.846. The van der Waals surface area contributed by atoms with Gasteiger partial charge in [-0.2, -0.15) is 4.31 Å². The lowest BCUT2D eigenvalue weighted by atomic mass is 10.2. The van der Waals surface area contributed by atoms with Crippen molar-refractivity contribution < 1.29 is 8.42 Å². The fourth-order valence-electron chi connectivity index (χ4n) is 2.90. The first-order valence-corrected chi connectivity index (χ1v) is 10.4. The normalized spacial score (nSPS) is 18.7. The molecule has 0 saturated carbocycles. The van der Waals surface area contributed by atoms with Crippen molar-refractivity contribution in [2.45, 2.75) is 16.7 Å². The maximum atomic E-state index is 12.7. The Labute approximate surface area is 154 Å². The zero-order valence-corrected chi connectivity index (χ0v) is 15.5. The molecule has 25 heavy (non-hydrogen) atoms. The molecule has 1 saturated heterocycles. The second-order valence-electron chi connectivity index (χ2n) is 5.81. The molecule has 0 radical (unpaired) electrons. The van der Waals surface area contributed by atoms with E-state index in [4.69, 9.17) is 11.6 Å². The Morgan fingerprint density at radius 2 is 1.96 bits per heavy atom. The predicted octanol–water partition coefficient (Wildman–Crippen LogP) is 3.30. The first-order valence-electron chi connectivity index (χ1n) is 7.77. The molecule has 0 aliphatic carbocycles. The zero-order valence-electron chi connectivity index (χ0n) is 13.1. The third-order valence-electron chi connectivity index (χ3n) is 4.22. The topological polar surface area (TPSA) is 68.1 Å². The van der Waals surface area contributed by atoms with Crippen LogP contribution >= 0.6 is 22.9 Å². The molecule has 9 heteroatoms. The van der Waals surface area contributed by atoms with Crippen molar-refractivity contribution in [3.63, 3.8) is 0 Å². The number of aromatic nitrogens is 3. The average Bonchev–Trinajstić information content (AvgIpc) is 3.35. The molecule has 3 aromatic rings. The second kappa shape index (κ2) is 6.53. The highest BCUT2D eigenvalue weighted by atomic mass is 35.5. The Hall–Kier alpha value is -1.74. The number of hydrogen-bond donors (Lipinski definition) is 0. The monoisotopic (exact) mass is 394 g/mol. The molecule has 2 aromatic heterocycles. The summed E-state index contributed by atoms with van der Waals surface area (Å²) in [7, 11) is -3.50. The molecule has 3 heterocycles. The number of rotatable bonds is 4. The number of thiophene rings is 1. The maximum Gasteiger partial charge on any atom is 0.252 e. The second-order valence-corrected chi connectivity index (χ2v) is 9.69. The number of benzene rings is 1. The average molecular weight is 395 g/mol. The van der Waals surface area contributed by atoms with Crippen molar-refractivity contribution in [3.8, 4) is 11.3 Å². The van der Waals surface area contributed by atoms with Crippen LogP contribution in [0.4, 0.5) is 0 Å². The quantitative estimate of drug-likeness (QED) is 0.680. The van der Waals surface area contributed by atoms with E-state index in [-0.39, 0.29) is 10.3 Å². The molecule has 1 aliphatic rings. The summed E-state index contributed by atoms with van der Waals surface area (Å²) < 4.78 is 29.4. The van der Waals surface area contributed by atoms with Crippen molar-refractivity contribution in [1.29, 1.82) is 0 Å². The molecule has 0 spiro atoms. The molecule has 0 bridgehead atoms. The molecule has 0 amide bonds. The number of hydrogen-bond acceptors (Lipinski definition) is 5. The predicted molar refractivity (Wildman–Crippen MR) is 97.2 cm³/mol. The number of sulfonamides is 1. The van der Waals surface area contributed by atoms with E-state index in [1.165, 1.54) is 4.31 Å². The van der Waals surface area contributed by atoms with Crippen LogP contribution in [0.3, 0.4) is 0 Å². The fraction of sp³-hybridized carbons (Fsp3) is 0.250. The summed E-state index contributed by atoms with van der Waals surface area (Å²) in [5, 5.41) is 8.40. The van der Waals surface area contributed by atoms with E-state index in [1.54, 1.807) is 16.8 Å². The van der Waals surface area contributed by atoms with Gasteiger partial charge in [0, 0.05) is 18.7 Å². The number of nitrogens with zero attached hydrogens (tertiary/aromatic N) is 4. The minimum atomic E-state index is -3.50. The molecular formula is C16H15ClN4O2S2. The highest BCUT2D eigenvalue weighted by Gasteiger charge is 2.34. The molecule has 1 aliphatic heterocycles. The molecular weight excluding hydrogens is 380 g/mol. The van der Waals surface area contributed by atoms with Gasteiger partial charge in [0.15, 0.2) is 0 Å². The maximum absolute atomic E-state index is 12.7. The van der Waals surface area contributed by atoms with Gasteiger partial charge in [-0.1, -0.05) is 47.1 Å². The molecule has 1 fully saturated rings. The molecule has 1 aromatic carbocycles. The molecule has 1 atom stereocenters. The van der Waals surface area contributed by atoms with Crippen molar-refractivity contribution in [2.24, 2.45) is 0 Å². The summed E-state index contributed by atoms with van der Waals surface area (Å²) in [4.78, 5) is 0. The van der Waals surface area contributed by atoms with Gasteiger partial charge in [0.05, 0.1) is 16.6 Å². The van der Waals surface area contributed by atoms with Crippen LogP contribution in [0.15, 0.2) is 52.9 Å². The highest BCUT2D eigenvalue weighted by Crippen LogP contribution is 2.32. The smallest absolute Gasteiger partial charge is 0.247 e. The lowest BCUT2D eigenvalue weighted by Crippen LogP contribution is -2.28. The van der Waals surface area contributed by atoms with E-state index in [0.717, 1.165) is 22.6 Å². The molecule has 130 valence electrons. The van der Waals surface area contributed by atoms with Crippen LogP contribution in [0.1, 0.15) is 12.5 Å². The van der Waals surface area contributed by atoms with E-state index in [0.29, 0.717) is 23.8 Å². The Morgan fingerprint density at radius 1 is 1.16 bits per heavy atom. The lowest BCUT2D eigenvalue weighted by Gasteiger charge is -2.15. The number of halogens is 1. The first-order chi connectivity index (χ1) is 12.0. The zero-order chi connectivity index (χ0) is 17.4. The summed E-state index contributed by atoms with van der Waals surface area (Å²) in [5.74, 6) is 0. The van der Waals surface area contributed by atoms with Gasteiger partial charge in [0.25, 0.3) is 10.0 Å². The lowest BCUT2D eigenvalue weighted by molar-refractivity contribution is 0.429. The fourth-order valence-corrected chi connectivity index (χ4v) is 6.03. The van der Waals surface area contributed by atoms with Crippen LogP contribution in [0.2, 0.25) is 4.34 Å². The van der Waals surface area contributed by atoms with Crippen molar-refractivity contribution in [2.75, 3.05) is 13.1 Å². The van der Waals surface area contributed by atoms with E-state index in [2.05, 4.69) is 10.3 Å². The van der Waals surface area contributed by atoms with Crippen LogP contribution < -0.4 is 0 Å². The highest BCUT2D eigenvalue weighted by molar-refractivity contribution is 7.91. The third-order valence-corrected chi connectivity index (χ3v) is 7.79. The summed E-state index contributed by atoms with van der Waals surface area (Å²) in [6.07, 6.45) is 2.58. The molecule has 0 unspecified atom stereocenters. The van der Waals surface area contributed by atoms with Gasteiger partial charge >= 0.3 is 0 Å². The minimum Gasteiger partial charge on any atom is -0.247 e. The molecule has 6 nitrogen and oxygen atoms in total. The SMILES string of the molecule is O=S(=O)(c1ccc(Cl)s1)N1CC[C@@H](n2cc(-c3ccccc3)nn2)C1. The first kappa shape index (κ1) is 16.7. The van der Waals surface area contributed by atoms with Crippen LogP contribution in [0.5, 0.6) is 0 Å². The Balaban J connectivity index is 1.52. The van der Waals surface area contributed by atoms with Gasteiger partial charge in [-0.15, -0.1) is 16.4 Å². The van der Waals surface area contributed by atoms with Gasteiger partial charge in [0.1, 0.15) is 9.90 Å². The van der Waals surface area contributed by atoms with Gasteiger partial charge in [0.2, 0.25) is 0 Å². The van der Waals surface area contributed by atoms with Gasteiger partial charge in [-0.25, -0.2) is 13.1 Å². The summed E-state index contributed by atoms with van der Waals surface area (Å²) >= 11 is 6.95. The van der Waals surface area contributed by atoms with Crippen LogP contribution in [-0.2, 0) is 10.0 Å².